The van der Waals surface area contributed by atoms with Crippen LogP contribution in [0, 0.1) is 11.2 Å². The normalized spacial score (nSPS) is 27.6. The molecule has 0 amide bonds. The molecule has 0 spiro atoms. The second-order valence-electron chi connectivity index (χ2n) is 5.12. The number of hydrogen-bond acceptors (Lipinski definition) is 1. The maximum Gasteiger partial charge on any atom is 0.124 e. The lowest BCUT2D eigenvalue weighted by Gasteiger charge is -2.52. The molecule has 2 atom stereocenters. The Hall–Kier alpha value is -0.600. The van der Waals surface area contributed by atoms with Crippen LogP contribution in [0.1, 0.15) is 31.7 Å². The third-order valence-corrected chi connectivity index (χ3v) is 4.28. The first-order valence-corrected chi connectivity index (χ1v) is 5.97. The Morgan fingerprint density at radius 2 is 2.12 bits per heavy atom. The number of halogens is 2. The van der Waals surface area contributed by atoms with Gasteiger partial charge in [-0.2, -0.15) is 0 Å². The molecule has 1 N–H and O–H groups in total. The molecule has 0 heterocycles. The highest BCUT2D eigenvalue weighted by atomic mass is 35.5. The van der Waals surface area contributed by atoms with Gasteiger partial charge in [0, 0.05) is 11.1 Å². The summed E-state index contributed by atoms with van der Waals surface area (Å²) < 4.78 is 13.0. The van der Waals surface area contributed by atoms with Crippen molar-refractivity contribution in [3.8, 4) is 0 Å². The molecule has 0 aliphatic heterocycles. The second-order valence-corrected chi connectivity index (χ2v) is 5.52. The molecule has 88 valence electrons. The average Bonchev–Trinajstić information content (AvgIpc) is 2.20. The highest BCUT2D eigenvalue weighted by molar-refractivity contribution is 6.31. The summed E-state index contributed by atoms with van der Waals surface area (Å²) >= 11 is 6.09. The van der Waals surface area contributed by atoms with Crippen molar-refractivity contribution in [1.82, 2.24) is 5.32 Å². The van der Waals surface area contributed by atoms with Gasteiger partial charge in [-0.15, -0.1) is 0 Å². The summed E-state index contributed by atoms with van der Waals surface area (Å²) in [7, 11) is 1.98. The fraction of sp³-hybridized carbons (Fsp3) is 0.538. The zero-order chi connectivity index (χ0) is 11.9. The van der Waals surface area contributed by atoms with Crippen LogP contribution in [0.4, 0.5) is 4.39 Å². The summed E-state index contributed by atoms with van der Waals surface area (Å²) in [5, 5.41) is 3.85. The molecule has 0 saturated heterocycles. The molecule has 1 aromatic carbocycles. The molecular formula is C13H17ClFN. The number of rotatable bonds is 2. The van der Waals surface area contributed by atoms with E-state index in [0.29, 0.717) is 17.0 Å². The van der Waals surface area contributed by atoms with Crippen LogP contribution in [0.25, 0.3) is 0 Å². The van der Waals surface area contributed by atoms with Crippen LogP contribution in [0.5, 0.6) is 0 Å². The van der Waals surface area contributed by atoms with E-state index >= 15 is 0 Å². The maximum atomic E-state index is 13.0. The topological polar surface area (TPSA) is 12.0 Å². The first kappa shape index (κ1) is 11.9. The molecule has 0 aromatic heterocycles. The van der Waals surface area contributed by atoms with E-state index in [1.165, 1.54) is 12.1 Å². The Labute approximate surface area is 101 Å². The summed E-state index contributed by atoms with van der Waals surface area (Å²) in [6.07, 6.45) is 1.06. The molecular weight excluding hydrogens is 225 g/mol. The molecule has 3 heteroatoms. The predicted octanol–water partition coefficient (Wildman–Crippen LogP) is 3.58. The van der Waals surface area contributed by atoms with E-state index < -0.39 is 0 Å². The summed E-state index contributed by atoms with van der Waals surface area (Å²) in [5.41, 5.74) is 1.25. The van der Waals surface area contributed by atoms with Gasteiger partial charge in [0.2, 0.25) is 0 Å². The molecule has 1 saturated carbocycles. The highest BCUT2D eigenvalue weighted by Gasteiger charge is 2.48. The van der Waals surface area contributed by atoms with Crippen LogP contribution in [0.2, 0.25) is 5.02 Å². The summed E-state index contributed by atoms with van der Waals surface area (Å²) in [6, 6.07) is 5.22. The van der Waals surface area contributed by atoms with Crippen molar-refractivity contribution in [2.45, 2.75) is 32.2 Å². The first-order chi connectivity index (χ1) is 7.46. The second kappa shape index (κ2) is 4.01. The van der Waals surface area contributed by atoms with Crippen molar-refractivity contribution in [3.05, 3.63) is 34.6 Å². The first-order valence-electron chi connectivity index (χ1n) is 5.59. The fourth-order valence-electron chi connectivity index (χ4n) is 2.73. The van der Waals surface area contributed by atoms with Crippen molar-refractivity contribution in [2.24, 2.45) is 5.41 Å². The molecule has 1 aromatic rings. The van der Waals surface area contributed by atoms with Crippen LogP contribution < -0.4 is 5.32 Å². The Bertz CT molecular complexity index is 403. The largest absolute Gasteiger partial charge is 0.316 e. The van der Waals surface area contributed by atoms with E-state index in [2.05, 4.69) is 19.2 Å². The van der Waals surface area contributed by atoms with Gasteiger partial charge in [-0.1, -0.05) is 31.5 Å². The Kier molecular flexibility index (Phi) is 2.97. The van der Waals surface area contributed by atoms with Crippen molar-refractivity contribution in [2.75, 3.05) is 7.05 Å². The standard InChI is InChI=1S/C13H17ClFN/c1-13(2)10(7-12(13)16-3)9-5-4-8(15)6-11(9)14/h4-6,10,12,16H,7H2,1-3H3. The number of nitrogens with one attached hydrogen (secondary N) is 1. The molecule has 0 bridgehead atoms. The van der Waals surface area contributed by atoms with Gasteiger partial charge in [0.1, 0.15) is 5.82 Å². The van der Waals surface area contributed by atoms with Crippen LogP contribution in [-0.4, -0.2) is 13.1 Å². The minimum atomic E-state index is -0.268. The van der Waals surface area contributed by atoms with Gasteiger partial charge >= 0.3 is 0 Å². The molecule has 16 heavy (non-hydrogen) atoms. The lowest BCUT2D eigenvalue weighted by Crippen LogP contribution is -2.54. The smallest absolute Gasteiger partial charge is 0.124 e. The van der Waals surface area contributed by atoms with E-state index in [1.807, 2.05) is 13.1 Å². The fourth-order valence-corrected chi connectivity index (χ4v) is 3.03. The molecule has 1 aliphatic carbocycles. The highest BCUT2D eigenvalue weighted by Crippen LogP contribution is 2.53. The SMILES string of the molecule is CNC1CC(c2ccc(F)cc2Cl)C1(C)C. The number of hydrogen-bond donors (Lipinski definition) is 1. The quantitative estimate of drug-likeness (QED) is 0.835. The zero-order valence-electron chi connectivity index (χ0n) is 9.85. The minimum absolute atomic E-state index is 0.177. The van der Waals surface area contributed by atoms with E-state index in [-0.39, 0.29) is 11.2 Å². The van der Waals surface area contributed by atoms with E-state index in [1.54, 1.807) is 0 Å². The molecule has 2 rings (SSSR count). The lowest BCUT2D eigenvalue weighted by atomic mass is 9.56. The average molecular weight is 242 g/mol. The predicted molar refractivity (Wildman–Crippen MR) is 65.4 cm³/mol. The van der Waals surface area contributed by atoms with Gasteiger partial charge in [-0.05, 0) is 42.5 Å². The molecule has 2 unspecified atom stereocenters. The van der Waals surface area contributed by atoms with Gasteiger partial charge < -0.3 is 5.32 Å². The Morgan fingerprint density at radius 3 is 2.62 bits per heavy atom. The van der Waals surface area contributed by atoms with Gasteiger partial charge in [-0.3, -0.25) is 0 Å². The van der Waals surface area contributed by atoms with Crippen molar-refractivity contribution in [1.29, 1.82) is 0 Å². The van der Waals surface area contributed by atoms with E-state index in [4.69, 9.17) is 11.6 Å². The third-order valence-electron chi connectivity index (χ3n) is 3.95. The molecule has 1 aliphatic rings. The van der Waals surface area contributed by atoms with Crippen molar-refractivity contribution >= 4 is 11.6 Å². The maximum absolute atomic E-state index is 13.0. The van der Waals surface area contributed by atoms with Gasteiger partial charge in [-0.25, -0.2) is 4.39 Å². The Balaban J connectivity index is 2.27. The minimum Gasteiger partial charge on any atom is -0.316 e. The van der Waals surface area contributed by atoms with Gasteiger partial charge in [0.05, 0.1) is 0 Å². The van der Waals surface area contributed by atoms with Crippen LogP contribution in [0.15, 0.2) is 18.2 Å². The van der Waals surface area contributed by atoms with Gasteiger partial charge in [0.25, 0.3) is 0 Å². The lowest BCUT2D eigenvalue weighted by molar-refractivity contribution is 0.0752. The monoisotopic (exact) mass is 241 g/mol. The zero-order valence-corrected chi connectivity index (χ0v) is 10.6. The third kappa shape index (κ3) is 1.74. The number of benzene rings is 1. The van der Waals surface area contributed by atoms with E-state index in [9.17, 15) is 4.39 Å². The summed E-state index contributed by atoms with van der Waals surface area (Å²) in [6.45, 7) is 4.45. The van der Waals surface area contributed by atoms with Crippen molar-refractivity contribution < 1.29 is 4.39 Å². The summed E-state index contributed by atoms with van der Waals surface area (Å²) in [4.78, 5) is 0. The molecule has 1 fully saturated rings. The Morgan fingerprint density at radius 1 is 1.44 bits per heavy atom. The van der Waals surface area contributed by atoms with Crippen molar-refractivity contribution in [3.63, 3.8) is 0 Å². The van der Waals surface area contributed by atoms with Crippen LogP contribution in [-0.2, 0) is 0 Å². The van der Waals surface area contributed by atoms with Crippen LogP contribution in [0.3, 0.4) is 0 Å². The summed E-state index contributed by atoms with van der Waals surface area (Å²) in [5.74, 6) is 0.147. The van der Waals surface area contributed by atoms with Crippen LogP contribution >= 0.6 is 11.6 Å². The van der Waals surface area contributed by atoms with E-state index in [0.717, 1.165) is 12.0 Å². The molecule has 0 radical (unpaired) electrons. The van der Waals surface area contributed by atoms with Gasteiger partial charge in [0.15, 0.2) is 0 Å². The molecule has 1 nitrogen and oxygen atoms in total.